The summed E-state index contributed by atoms with van der Waals surface area (Å²) in [6.07, 6.45) is 0. The van der Waals surface area contributed by atoms with Crippen molar-refractivity contribution in [3.05, 3.63) is 69.7 Å². The van der Waals surface area contributed by atoms with Gasteiger partial charge in [-0.15, -0.1) is 0 Å². The molecule has 0 fully saturated rings. The van der Waals surface area contributed by atoms with E-state index in [2.05, 4.69) is 26.6 Å². The molecule has 0 aliphatic carbocycles. The first kappa shape index (κ1) is 18.0. The van der Waals surface area contributed by atoms with Gasteiger partial charge >= 0.3 is 12.0 Å². The molecule has 0 radical (unpaired) electrons. The van der Waals surface area contributed by atoms with Crippen LogP contribution in [0, 0.1) is 0 Å². The maximum atomic E-state index is 11.8. The molecule has 2 N–H and O–H groups in total. The number of benzene rings is 2. The number of amides is 2. The van der Waals surface area contributed by atoms with E-state index in [0.29, 0.717) is 25.3 Å². The van der Waals surface area contributed by atoms with Gasteiger partial charge in [-0.1, -0.05) is 46.3 Å². The number of nitrogens with one attached hydrogen (secondary N) is 2. The lowest BCUT2D eigenvalue weighted by atomic mass is 10.1. The fourth-order valence-electron chi connectivity index (χ4n) is 2.04. The fourth-order valence-corrected chi connectivity index (χ4v) is 2.46. The number of hydrogen-bond acceptors (Lipinski definition) is 3. The molecule has 0 saturated heterocycles. The summed E-state index contributed by atoms with van der Waals surface area (Å²) < 4.78 is 5.89. The number of halogens is 1. The van der Waals surface area contributed by atoms with E-state index in [0.717, 1.165) is 15.6 Å². The number of carbonyl (C=O) groups is 2. The van der Waals surface area contributed by atoms with E-state index in [-0.39, 0.29) is 12.0 Å². The second kappa shape index (κ2) is 9.08. The largest absolute Gasteiger partial charge is 0.462 e. The molecule has 0 saturated carbocycles. The van der Waals surface area contributed by atoms with Crippen LogP contribution in [0.4, 0.5) is 4.79 Å². The Labute approximate surface area is 149 Å². The summed E-state index contributed by atoms with van der Waals surface area (Å²) in [6, 6.07) is 14.4. The maximum absolute atomic E-state index is 11.8. The van der Waals surface area contributed by atoms with Gasteiger partial charge in [-0.2, -0.15) is 0 Å². The average molecular weight is 391 g/mol. The molecule has 2 aromatic rings. The normalized spacial score (nSPS) is 10.1. The van der Waals surface area contributed by atoms with Crippen molar-refractivity contribution in [2.75, 3.05) is 6.61 Å². The Balaban J connectivity index is 1.79. The van der Waals surface area contributed by atoms with Gasteiger partial charge in [0.25, 0.3) is 0 Å². The van der Waals surface area contributed by atoms with Crippen molar-refractivity contribution in [3.63, 3.8) is 0 Å². The summed E-state index contributed by atoms with van der Waals surface area (Å²) >= 11 is 3.44. The quantitative estimate of drug-likeness (QED) is 0.740. The van der Waals surface area contributed by atoms with Crippen LogP contribution in [-0.4, -0.2) is 18.6 Å². The number of esters is 1. The van der Waals surface area contributed by atoms with Crippen molar-refractivity contribution in [2.45, 2.75) is 20.0 Å². The molecule has 0 bridgehead atoms. The summed E-state index contributed by atoms with van der Waals surface area (Å²) in [5, 5.41) is 5.58. The molecule has 0 atom stereocenters. The summed E-state index contributed by atoms with van der Waals surface area (Å²) in [4.78, 5) is 23.4. The van der Waals surface area contributed by atoms with Gasteiger partial charge in [0, 0.05) is 17.6 Å². The number of carbonyl (C=O) groups excluding carboxylic acids is 2. The van der Waals surface area contributed by atoms with E-state index in [1.54, 1.807) is 31.2 Å². The SMILES string of the molecule is CCOC(=O)c1ccc(CNC(=O)NCc2ccccc2Br)cc1. The molecular formula is C18H19BrN2O3. The second-order valence-electron chi connectivity index (χ2n) is 5.05. The van der Waals surface area contributed by atoms with E-state index in [4.69, 9.17) is 4.74 Å². The molecule has 0 aliphatic heterocycles. The molecule has 2 aromatic carbocycles. The van der Waals surface area contributed by atoms with Crippen molar-refractivity contribution < 1.29 is 14.3 Å². The van der Waals surface area contributed by atoms with Crippen molar-refractivity contribution in [1.82, 2.24) is 10.6 Å². The standard InChI is InChI=1S/C18H19BrN2O3/c1-2-24-17(22)14-9-7-13(8-10-14)11-20-18(23)21-12-15-5-3-4-6-16(15)19/h3-10H,2,11-12H2,1H3,(H2,20,21,23). The number of ether oxygens (including phenoxy) is 1. The number of urea groups is 1. The Morgan fingerprint density at radius 2 is 1.67 bits per heavy atom. The zero-order valence-electron chi connectivity index (χ0n) is 13.3. The van der Waals surface area contributed by atoms with Crippen molar-refractivity contribution in [3.8, 4) is 0 Å². The Hall–Kier alpha value is -2.34. The molecule has 24 heavy (non-hydrogen) atoms. The van der Waals surface area contributed by atoms with Crippen LogP contribution in [0.2, 0.25) is 0 Å². The molecule has 126 valence electrons. The van der Waals surface area contributed by atoms with Gasteiger partial charge in [-0.3, -0.25) is 0 Å². The van der Waals surface area contributed by atoms with Crippen molar-refractivity contribution in [1.29, 1.82) is 0 Å². The van der Waals surface area contributed by atoms with E-state index >= 15 is 0 Å². The zero-order chi connectivity index (χ0) is 17.4. The minimum absolute atomic E-state index is 0.250. The molecular weight excluding hydrogens is 372 g/mol. The van der Waals surface area contributed by atoms with E-state index in [9.17, 15) is 9.59 Å². The molecule has 2 rings (SSSR count). The Kier molecular flexibility index (Phi) is 6.81. The average Bonchev–Trinajstić information content (AvgIpc) is 2.60. The van der Waals surface area contributed by atoms with Gasteiger partial charge in [0.05, 0.1) is 12.2 Å². The Morgan fingerprint density at radius 3 is 2.33 bits per heavy atom. The van der Waals surface area contributed by atoms with Gasteiger partial charge < -0.3 is 15.4 Å². The van der Waals surface area contributed by atoms with Crippen LogP contribution in [0.3, 0.4) is 0 Å². The van der Waals surface area contributed by atoms with Crippen LogP contribution >= 0.6 is 15.9 Å². The predicted molar refractivity (Wildman–Crippen MR) is 95.6 cm³/mol. The topological polar surface area (TPSA) is 67.4 Å². The molecule has 0 heterocycles. The van der Waals surface area contributed by atoms with Gasteiger partial charge in [-0.25, -0.2) is 9.59 Å². The predicted octanol–water partition coefficient (Wildman–Crippen LogP) is 3.63. The number of rotatable bonds is 6. The third-order valence-corrected chi connectivity index (χ3v) is 4.09. The smallest absolute Gasteiger partial charge is 0.338 e. The number of hydrogen-bond donors (Lipinski definition) is 2. The maximum Gasteiger partial charge on any atom is 0.338 e. The first-order valence-corrected chi connectivity index (χ1v) is 8.40. The summed E-state index contributed by atoms with van der Waals surface area (Å²) in [5.74, 6) is -0.344. The summed E-state index contributed by atoms with van der Waals surface area (Å²) in [7, 11) is 0. The highest BCUT2D eigenvalue weighted by atomic mass is 79.9. The lowest BCUT2D eigenvalue weighted by molar-refractivity contribution is 0.0526. The molecule has 0 aromatic heterocycles. The fraction of sp³-hybridized carbons (Fsp3) is 0.222. The van der Waals surface area contributed by atoms with Gasteiger partial charge in [0.1, 0.15) is 0 Å². The molecule has 5 nitrogen and oxygen atoms in total. The highest BCUT2D eigenvalue weighted by Crippen LogP contribution is 2.15. The van der Waals surface area contributed by atoms with Crippen LogP contribution in [0.1, 0.15) is 28.4 Å². The van der Waals surface area contributed by atoms with Crippen molar-refractivity contribution in [2.24, 2.45) is 0 Å². The van der Waals surface area contributed by atoms with Gasteiger partial charge in [-0.05, 0) is 36.2 Å². The molecule has 0 spiro atoms. The Morgan fingerprint density at radius 1 is 1.00 bits per heavy atom. The van der Waals surface area contributed by atoms with Crippen LogP contribution in [0.5, 0.6) is 0 Å². The van der Waals surface area contributed by atoms with E-state index in [1.807, 2.05) is 24.3 Å². The van der Waals surface area contributed by atoms with Crippen LogP contribution in [0.15, 0.2) is 53.0 Å². The van der Waals surface area contributed by atoms with E-state index in [1.165, 1.54) is 0 Å². The molecule has 0 unspecified atom stereocenters. The minimum atomic E-state index is -0.344. The van der Waals surface area contributed by atoms with Gasteiger partial charge in [0.15, 0.2) is 0 Å². The van der Waals surface area contributed by atoms with Crippen LogP contribution in [-0.2, 0) is 17.8 Å². The summed E-state index contributed by atoms with van der Waals surface area (Å²) in [5.41, 5.74) is 2.41. The highest BCUT2D eigenvalue weighted by Gasteiger charge is 2.06. The second-order valence-corrected chi connectivity index (χ2v) is 5.90. The zero-order valence-corrected chi connectivity index (χ0v) is 14.9. The first-order chi connectivity index (χ1) is 11.6. The summed E-state index contributed by atoms with van der Waals surface area (Å²) in [6.45, 7) is 2.93. The highest BCUT2D eigenvalue weighted by molar-refractivity contribution is 9.10. The van der Waals surface area contributed by atoms with Crippen molar-refractivity contribution >= 4 is 27.9 Å². The Bertz CT molecular complexity index is 702. The molecule has 0 aliphatic rings. The molecule has 6 heteroatoms. The first-order valence-electron chi connectivity index (χ1n) is 7.61. The lowest BCUT2D eigenvalue weighted by Gasteiger charge is -2.09. The van der Waals surface area contributed by atoms with Crippen LogP contribution in [0.25, 0.3) is 0 Å². The lowest BCUT2D eigenvalue weighted by Crippen LogP contribution is -2.34. The van der Waals surface area contributed by atoms with E-state index < -0.39 is 0 Å². The third kappa shape index (κ3) is 5.38. The monoisotopic (exact) mass is 390 g/mol. The third-order valence-electron chi connectivity index (χ3n) is 3.32. The van der Waals surface area contributed by atoms with Gasteiger partial charge in [0.2, 0.25) is 0 Å². The molecule has 2 amide bonds. The minimum Gasteiger partial charge on any atom is -0.462 e. The van der Waals surface area contributed by atoms with Crippen LogP contribution < -0.4 is 10.6 Å².